The molecule has 6 nitrogen and oxygen atoms in total. The van der Waals surface area contributed by atoms with Crippen LogP contribution in [0.5, 0.6) is 5.75 Å². The van der Waals surface area contributed by atoms with Gasteiger partial charge in [-0.25, -0.2) is 9.98 Å². The number of aliphatic imine (C=N–C) groups is 1. The van der Waals surface area contributed by atoms with Gasteiger partial charge in [0.25, 0.3) is 0 Å². The molecule has 0 spiro atoms. The number of anilines is 1. The first kappa shape index (κ1) is 24.8. The lowest BCUT2D eigenvalue weighted by atomic mass is 10.2. The van der Waals surface area contributed by atoms with Crippen LogP contribution in [0.15, 0.2) is 47.6 Å². The Kier molecular flexibility index (Phi) is 9.99. The molecule has 0 saturated heterocycles. The number of hydrogen-bond acceptors (Lipinski definition) is 4. The molecule has 0 aliphatic rings. The minimum absolute atomic E-state index is 0. The zero-order valence-corrected chi connectivity index (χ0v) is 18.8. The largest absolute Gasteiger partial charge is 0.573 e. The van der Waals surface area contributed by atoms with Crippen molar-refractivity contribution in [2.24, 2.45) is 4.99 Å². The number of hydrogen-bond donors (Lipinski definition) is 2. The summed E-state index contributed by atoms with van der Waals surface area (Å²) in [5.41, 5.74) is 1.31. The lowest BCUT2D eigenvalue weighted by Crippen LogP contribution is -2.37. The van der Waals surface area contributed by atoms with Gasteiger partial charge in [0.1, 0.15) is 11.6 Å². The van der Waals surface area contributed by atoms with E-state index in [1.54, 1.807) is 18.3 Å². The maximum atomic E-state index is 12.6. The molecule has 2 rings (SSSR count). The Hall–Kier alpha value is -2.24. The van der Waals surface area contributed by atoms with Crippen molar-refractivity contribution in [2.75, 3.05) is 25.5 Å². The Morgan fingerprint density at radius 1 is 1.10 bits per heavy atom. The third-order valence-electron chi connectivity index (χ3n) is 3.69. The number of nitrogens with zero attached hydrogens (tertiary/aromatic N) is 3. The van der Waals surface area contributed by atoms with E-state index in [-0.39, 0.29) is 36.3 Å². The Bertz CT molecular complexity index is 799. The molecule has 0 fully saturated rings. The van der Waals surface area contributed by atoms with Crippen molar-refractivity contribution in [1.82, 2.24) is 15.6 Å². The van der Waals surface area contributed by atoms with E-state index in [9.17, 15) is 13.2 Å². The predicted octanol–water partition coefficient (Wildman–Crippen LogP) is 3.92. The summed E-state index contributed by atoms with van der Waals surface area (Å²) in [4.78, 5) is 10.6. The van der Waals surface area contributed by atoms with Crippen molar-refractivity contribution in [3.05, 3.63) is 53.7 Å². The summed E-state index contributed by atoms with van der Waals surface area (Å²) >= 11 is 0. The summed E-state index contributed by atoms with van der Waals surface area (Å²) in [5.74, 6) is 1.06. The van der Waals surface area contributed by atoms with Gasteiger partial charge in [-0.05, 0) is 19.1 Å². The van der Waals surface area contributed by atoms with E-state index in [1.165, 1.54) is 12.1 Å². The first-order valence-electron chi connectivity index (χ1n) is 8.77. The summed E-state index contributed by atoms with van der Waals surface area (Å²) in [7, 11) is 3.81. The average Bonchev–Trinajstić information content (AvgIpc) is 2.64. The average molecular weight is 523 g/mol. The van der Waals surface area contributed by atoms with Crippen LogP contribution in [-0.4, -0.2) is 37.9 Å². The second-order valence-corrected chi connectivity index (χ2v) is 6.08. The molecular formula is C19H25F3IN5O. The highest BCUT2D eigenvalue weighted by atomic mass is 127. The number of ether oxygens (including phenoxy) is 1. The van der Waals surface area contributed by atoms with Crippen molar-refractivity contribution >= 4 is 35.8 Å². The molecule has 0 unspecified atom stereocenters. The molecule has 160 valence electrons. The van der Waals surface area contributed by atoms with Crippen molar-refractivity contribution < 1.29 is 17.9 Å². The molecule has 0 radical (unpaired) electrons. The van der Waals surface area contributed by atoms with Gasteiger partial charge in [-0.15, -0.1) is 37.1 Å². The number of rotatable bonds is 7. The molecular weight excluding hydrogens is 498 g/mol. The van der Waals surface area contributed by atoms with Gasteiger partial charge in [0.05, 0.1) is 6.54 Å². The zero-order valence-electron chi connectivity index (χ0n) is 16.5. The van der Waals surface area contributed by atoms with Crippen LogP contribution in [0.2, 0.25) is 0 Å². The fraction of sp³-hybridized carbons (Fsp3) is 0.368. The number of para-hydroxylation sites is 1. The van der Waals surface area contributed by atoms with Crippen LogP contribution in [0.3, 0.4) is 0 Å². The minimum Gasteiger partial charge on any atom is -0.405 e. The van der Waals surface area contributed by atoms with E-state index in [4.69, 9.17) is 0 Å². The highest BCUT2D eigenvalue weighted by molar-refractivity contribution is 14.0. The van der Waals surface area contributed by atoms with Crippen LogP contribution in [0.1, 0.15) is 18.1 Å². The van der Waals surface area contributed by atoms with Gasteiger partial charge in [-0.2, -0.15) is 0 Å². The third kappa shape index (κ3) is 8.34. The monoisotopic (exact) mass is 523 g/mol. The summed E-state index contributed by atoms with van der Waals surface area (Å²) in [6.45, 7) is 3.02. The smallest absolute Gasteiger partial charge is 0.405 e. The molecule has 2 N–H and O–H groups in total. The molecule has 10 heteroatoms. The fourth-order valence-corrected chi connectivity index (χ4v) is 2.51. The minimum atomic E-state index is -4.74. The van der Waals surface area contributed by atoms with Gasteiger partial charge >= 0.3 is 6.36 Å². The number of halogens is 4. The second kappa shape index (κ2) is 11.7. The number of aromatic nitrogens is 1. The number of benzene rings is 1. The van der Waals surface area contributed by atoms with Crippen molar-refractivity contribution in [2.45, 2.75) is 26.4 Å². The molecule has 0 bridgehead atoms. The predicted molar refractivity (Wildman–Crippen MR) is 119 cm³/mol. The van der Waals surface area contributed by atoms with Gasteiger partial charge in [-0.3, -0.25) is 0 Å². The van der Waals surface area contributed by atoms with E-state index in [1.807, 2.05) is 38.1 Å². The maximum Gasteiger partial charge on any atom is 0.573 e. The molecule has 0 aliphatic heterocycles. The molecule has 1 heterocycles. The molecule has 0 atom stereocenters. The number of nitrogens with one attached hydrogen (secondary N) is 2. The molecule has 1 aromatic carbocycles. The Labute approximate surface area is 185 Å². The van der Waals surface area contributed by atoms with Gasteiger partial charge in [-0.1, -0.05) is 24.3 Å². The van der Waals surface area contributed by atoms with Crippen LogP contribution in [0.25, 0.3) is 0 Å². The van der Waals surface area contributed by atoms with E-state index in [2.05, 4.69) is 25.3 Å². The van der Waals surface area contributed by atoms with Crippen LogP contribution in [-0.2, 0) is 13.1 Å². The topological polar surface area (TPSA) is 61.8 Å². The fourth-order valence-electron chi connectivity index (χ4n) is 2.51. The maximum absolute atomic E-state index is 12.6. The third-order valence-corrected chi connectivity index (χ3v) is 3.69. The standard InChI is InChI=1S/C19H24F3N5O.HI/c1-4-23-18(26-13-15-9-7-11-24-17(15)27(2)3)25-12-14-8-5-6-10-16(14)28-19(20,21)22;/h5-11H,4,12-13H2,1-3H3,(H2,23,25,26);1H. The van der Waals surface area contributed by atoms with E-state index in [0.29, 0.717) is 24.6 Å². The lowest BCUT2D eigenvalue weighted by molar-refractivity contribution is -0.274. The highest BCUT2D eigenvalue weighted by Crippen LogP contribution is 2.26. The van der Waals surface area contributed by atoms with Crippen LogP contribution >= 0.6 is 24.0 Å². The number of guanidine groups is 1. The quantitative estimate of drug-likeness (QED) is 0.328. The van der Waals surface area contributed by atoms with E-state index < -0.39 is 6.36 Å². The summed E-state index contributed by atoms with van der Waals surface area (Å²) < 4.78 is 41.8. The van der Waals surface area contributed by atoms with Crippen LogP contribution in [0, 0.1) is 0 Å². The zero-order chi connectivity index (χ0) is 20.6. The van der Waals surface area contributed by atoms with E-state index in [0.717, 1.165) is 11.4 Å². The molecule has 0 amide bonds. The SMILES string of the molecule is CCNC(=NCc1ccccc1OC(F)(F)F)NCc1cccnc1N(C)C.I. The van der Waals surface area contributed by atoms with Gasteiger partial charge in [0.15, 0.2) is 5.96 Å². The summed E-state index contributed by atoms with van der Waals surface area (Å²) in [6, 6.07) is 9.76. The van der Waals surface area contributed by atoms with Gasteiger partial charge in [0, 0.05) is 44.5 Å². The molecule has 1 aromatic heterocycles. The first-order valence-corrected chi connectivity index (χ1v) is 8.77. The Balaban J connectivity index is 0.00000420. The van der Waals surface area contributed by atoms with E-state index >= 15 is 0 Å². The van der Waals surface area contributed by atoms with Crippen LogP contribution in [0.4, 0.5) is 19.0 Å². The lowest BCUT2D eigenvalue weighted by Gasteiger charge is -2.17. The van der Waals surface area contributed by atoms with Crippen molar-refractivity contribution in [1.29, 1.82) is 0 Å². The van der Waals surface area contributed by atoms with Gasteiger partial charge < -0.3 is 20.3 Å². The first-order chi connectivity index (χ1) is 13.3. The Morgan fingerprint density at radius 2 is 1.79 bits per heavy atom. The number of pyridine rings is 1. The normalized spacial score (nSPS) is 11.4. The van der Waals surface area contributed by atoms with Crippen molar-refractivity contribution in [3.8, 4) is 5.75 Å². The summed E-state index contributed by atoms with van der Waals surface area (Å²) in [6.07, 6.45) is -3.03. The van der Waals surface area contributed by atoms with Crippen LogP contribution < -0.4 is 20.3 Å². The number of alkyl halides is 3. The summed E-state index contributed by atoms with van der Waals surface area (Å²) in [5, 5.41) is 6.26. The molecule has 29 heavy (non-hydrogen) atoms. The van der Waals surface area contributed by atoms with Crippen molar-refractivity contribution in [3.63, 3.8) is 0 Å². The van der Waals surface area contributed by atoms with Gasteiger partial charge in [0.2, 0.25) is 0 Å². The Morgan fingerprint density at radius 3 is 2.45 bits per heavy atom. The molecule has 0 aliphatic carbocycles. The highest BCUT2D eigenvalue weighted by Gasteiger charge is 2.31. The molecule has 2 aromatic rings. The molecule has 0 saturated carbocycles. The second-order valence-electron chi connectivity index (χ2n) is 6.08.